The number of aromatic nitrogens is 1. The molecular formula is C23H24FN3O3. The smallest absolute Gasteiger partial charge is 0.270 e. The van der Waals surface area contributed by atoms with Crippen LogP contribution in [0.4, 0.5) is 10.1 Å². The van der Waals surface area contributed by atoms with Crippen molar-refractivity contribution in [2.45, 2.75) is 45.7 Å². The molecule has 1 amide bonds. The molecule has 0 radical (unpaired) electrons. The number of carbonyl (C=O) groups excluding carboxylic acids is 1. The van der Waals surface area contributed by atoms with Crippen molar-refractivity contribution in [3.63, 3.8) is 0 Å². The zero-order chi connectivity index (χ0) is 21.4. The molecule has 1 aliphatic rings. The van der Waals surface area contributed by atoms with Crippen LogP contribution in [0.3, 0.4) is 0 Å². The number of nitrogens with zero attached hydrogens (tertiary/aromatic N) is 2. The Labute approximate surface area is 173 Å². The highest BCUT2D eigenvalue weighted by atomic mass is 19.1. The SMILES string of the molecule is CC(C)C(=O)NC1CCc2c(c3cc([N+](=O)[O-])ccc3n2Cc2cccc(F)c2)C1. The number of carbonyl (C=O) groups is 1. The summed E-state index contributed by atoms with van der Waals surface area (Å²) in [6, 6.07) is 11.4. The van der Waals surface area contributed by atoms with E-state index in [9.17, 15) is 19.3 Å². The van der Waals surface area contributed by atoms with Crippen molar-refractivity contribution in [3.05, 3.63) is 75.2 Å². The van der Waals surface area contributed by atoms with E-state index in [1.165, 1.54) is 18.2 Å². The van der Waals surface area contributed by atoms with Gasteiger partial charge in [-0.25, -0.2) is 4.39 Å². The normalized spacial score (nSPS) is 15.9. The number of nitro groups is 1. The number of fused-ring (bicyclic) bond motifs is 3. The van der Waals surface area contributed by atoms with Crippen molar-refractivity contribution in [1.29, 1.82) is 0 Å². The second-order valence-electron chi connectivity index (χ2n) is 8.20. The molecule has 7 heteroatoms. The van der Waals surface area contributed by atoms with Crippen LogP contribution in [0.1, 0.15) is 37.1 Å². The van der Waals surface area contributed by atoms with Crippen LogP contribution in [-0.2, 0) is 24.2 Å². The molecule has 4 rings (SSSR count). The Morgan fingerprint density at radius 2 is 2.10 bits per heavy atom. The van der Waals surface area contributed by atoms with Crippen molar-refractivity contribution in [2.75, 3.05) is 0 Å². The molecule has 0 spiro atoms. The summed E-state index contributed by atoms with van der Waals surface area (Å²) in [5, 5.41) is 15.3. The Balaban J connectivity index is 1.78. The van der Waals surface area contributed by atoms with Crippen LogP contribution in [0.5, 0.6) is 0 Å². The number of amides is 1. The van der Waals surface area contributed by atoms with E-state index in [4.69, 9.17) is 0 Å². The van der Waals surface area contributed by atoms with Crippen LogP contribution < -0.4 is 5.32 Å². The lowest BCUT2D eigenvalue weighted by Gasteiger charge is -2.26. The van der Waals surface area contributed by atoms with Crippen LogP contribution in [0, 0.1) is 21.8 Å². The zero-order valence-electron chi connectivity index (χ0n) is 17.0. The molecule has 6 nitrogen and oxygen atoms in total. The van der Waals surface area contributed by atoms with Gasteiger partial charge in [0, 0.05) is 47.2 Å². The number of nitrogens with one attached hydrogen (secondary N) is 1. The van der Waals surface area contributed by atoms with Gasteiger partial charge in [-0.2, -0.15) is 0 Å². The van der Waals surface area contributed by atoms with Crippen molar-refractivity contribution in [2.24, 2.45) is 5.92 Å². The summed E-state index contributed by atoms with van der Waals surface area (Å²) < 4.78 is 15.8. The Hall–Kier alpha value is -3.22. The maximum absolute atomic E-state index is 13.7. The van der Waals surface area contributed by atoms with Gasteiger partial charge >= 0.3 is 0 Å². The van der Waals surface area contributed by atoms with Crippen LogP contribution in [0.25, 0.3) is 10.9 Å². The molecule has 0 saturated carbocycles. The largest absolute Gasteiger partial charge is 0.353 e. The molecule has 1 heterocycles. The Kier molecular flexibility index (Phi) is 5.28. The van der Waals surface area contributed by atoms with E-state index in [1.54, 1.807) is 18.2 Å². The van der Waals surface area contributed by atoms with Crippen molar-refractivity contribution < 1.29 is 14.1 Å². The van der Waals surface area contributed by atoms with Crippen molar-refractivity contribution >= 4 is 22.5 Å². The predicted octanol–water partition coefficient (Wildman–Crippen LogP) is 4.37. The first-order valence-electron chi connectivity index (χ1n) is 10.2. The van der Waals surface area contributed by atoms with Gasteiger partial charge in [0.05, 0.1) is 4.92 Å². The number of non-ortho nitro benzene ring substituents is 1. The summed E-state index contributed by atoms with van der Waals surface area (Å²) in [6.45, 7) is 4.21. The van der Waals surface area contributed by atoms with E-state index in [1.807, 2.05) is 19.9 Å². The maximum atomic E-state index is 13.7. The predicted molar refractivity (Wildman–Crippen MR) is 113 cm³/mol. The van der Waals surface area contributed by atoms with Crippen LogP contribution in [0.2, 0.25) is 0 Å². The van der Waals surface area contributed by atoms with Crippen LogP contribution in [-0.4, -0.2) is 21.4 Å². The number of benzene rings is 2. The summed E-state index contributed by atoms with van der Waals surface area (Å²) in [5.41, 5.74) is 3.91. The van der Waals surface area contributed by atoms with E-state index in [2.05, 4.69) is 9.88 Å². The molecule has 156 valence electrons. The lowest BCUT2D eigenvalue weighted by atomic mass is 9.91. The van der Waals surface area contributed by atoms with E-state index >= 15 is 0 Å². The summed E-state index contributed by atoms with van der Waals surface area (Å²) in [7, 11) is 0. The number of hydrogen-bond acceptors (Lipinski definition) is 3. The quantitative estimate of drug-likeness (QED) is 0.502. The van der Waals surface area contributed by atoms with E-state index in [-0.39, 0.29) is 29.4 Å². The highest BCUT2D eigenvalue weighted by molar-refractivity contribution is 5.88. The lowest BCUT2D eigenvalue weighted by molar-refractivity contribution is -0.384. The Bertz CT molecular complexity index is 1140. The number of nitro benzene ring substituents is 1. The third-order valence-corrected chi connectivity index (χ3v) is 5.76. The molecule has 30 heavy (non-hydrogen) atoms. The molecular weight excluding hydrogens is 385 g/mol. The van der Waals surface area contributed by atoms with Crippen LogP contribution in [0.15, 0.2) is 42.5 Å². The van der Waals surface area contributed by atoms with E-state index in [0.717, 1.165) is 40.6 Å². The molecule has 1 unspecified atom stereocenters. The minimum atomic E-state index is -0.392. The molecule has 1 aliphatic carbocycles. The number of rotatable bonds is 5. The summed E-state index contributed by atoms with van der Waals surface area (Å²) in [6.07, 6.45) is 2.17. The molecule has 0 aliphatic heterocycles. The van der Waals surface area contributed by atoms with E-state index in [0.29, 0.717) is 13.0 Å². The summed E-state index contributed by atoms with van der Waals surface area (Å²) in [4.78, 5) is 23.1. The van der Waals surface area contributed by atoms with Crippen molar-refractivity contribution in [1.82, 2.24) is 9.88 Å². The third kappa shape index (κ3) is 3.79. The van der Waals surface area contributed by atoms with Gasteiger partial charge in [-0.05, 0) is 48.6 Å². The monoisotopic (exact) mass is 409 g/mol. The molecule has 2 aromatic carbocycles. The van der Waals surface area contributed by atoms with Gasteiger partial charge in [0.2, 0.25) is 5.91 Å². The Morgan fingerprint density at radius 3 is 2.80 bits per heavy atom. The van der Waals surface area contributed by atoms with E-state index < -0.39 is 4.92 Å². The maximum Gasteiger partial charge on any atom is 0.270 e. The third-order valence-electron chi connectivity index (χ3n) is 5.76. The minimum absolute atomic E-state index is 0.000109. The van der Waals surface area contributed by atoms with Crippen LogP contribution >= 0.6 is 0 Å². The molecule has 0 fully saturated rings. The fourth-order valence-electron chi connectivity index (χ4n) is 4.24. The molecule has 0 bridgehead atoms. The summed E-state index contributed by atoms with van der Waals surface area (Å²) >= 11 is 0. The summed E-state index contributed by atoms with van der Waals surface area (Å²) in [5.74, 6) is -0.371. The zero-order valence-corrected chi connectivity index (χ0v) is 17.0. The fourth-order valence-corrected chi connectivity index (χ4v) is 4.24. The first-order chi connectivity index (χ1) is 14.3. The van der Waals surface area contributed by atoms with Gasteiger partial charge in [-0.1, -0.05) is 26.0 Å². The molecule has 1 aromatic heterocycles. The average Bonchev–Trinajstić information content (AvgIpc) is 3.00. The minimum Gasteiger partial charge on any atom is -0.353 e. The second kappa shape index (κ2) is 7.89. The Morgan fingerprint density at radius 1 is 1.30 bits per heavy atom. The molecule has 0 saturated heterocycles. The second-order valence-corrected chi connectivity index (χ2v) is 8.20. The van der Waals surface area contributed by atoms with Gasteiger partial charge < -0.3 is 9.88 Å². The van der Waals surface area contributed by atoms with Gasteiger partial charge in [-0.3, -0.25) is 14.9 Å². The number of halogens is 1. The molecule has 3 aromatic rings. The standard InChI is InChI=1S/C23H24FN3O3/c1-14(2)23(28)25-17-6-8-21-19(11-17)20-12-18(27(29)30)7-9-22(20)26(21)13-15-4-3-5-16(24)10-15/h3-5,7,9-10,12,14,17H,6,8,11,13H2,1-2H3,(H,25,28). The first-order valence-corrected chi connectivity index (χ1v) is 10.2. The highest BCUT2D eigenvalue weighted by Gasteiger charge is 2.28. The average molecular weight is 409 g/mol. The fraction of sp³-hybridized carbons (Fsp3) is 0.348. The van der Waals surface area contributed by atoms with Gasteiger partial charge in [0.15, 0.2) is 0 Å². The molecule has 1 atom stereocenters. The first kappa shape index (κ1) is 20.1. The van der Waals surface area contributed by atoms with Crippen molar-refractivity contribution in [3.8, 4) is 0 Å². The van der Waals surface area contributed by atoms with Gasteiger partial charge in [-0.15, -0.1) is 0 Å². The van der Waals surface area contributed by atoms with Gasteiger partial charge in [0.25, 0.3) is 5.69 Å². The topological polar surface area (TPSA) is 77.2 Å². The highest BCUT2D eigenvalue weighted by Crippen LogP contribution is 2.35. The molecule has 1 N–H and O–H groups in total. The lowest BCUT2D eigenvalue weighted by Crippen LogP contribution is -2.41. The van der Waals surface area contributed by atoms with Gasteiger partial charge in [0.1, 0.15) is 5.82 Å². The number of hydrogen-bond donors (Lipinski definition) is 1.